The fourth-order valence-electron chi connectivity index (χ4n) is 7.93. The highest BCUT2D eigenvalue weighted by Gasteiger charge is 2.66. The van der Waals surface area contributed by atoms with Crippen LogP contribution in [0.4, 0.5) is 0 Å². The number of Topliss-reactive ketones (excluding diaryl/α,β-unsaturated/α-hetero) is 1. The zero-order chi connectivity index (χ0) is 16.6. The third kappa shape index (κ3) is 1.92. The molecule has 0 N–H and O–H groups in total. The van der Waals surface area contributed by atoms with Crippen molar-refractivity contribution in [2.45, 2.75) is 76.6 Å². The van der Waals surface area contributed by atoms with Crippen molar-refractivity contribution in [1.82, 2.24) is 0 Å². The molecule has 3 heteroatoms. The molecule has 5 fully saturated rings. The molecule has 0 bridgehead atoms. The van der Waals surface area contributed by atoms with Crippen molar-refractivity contribution in [3.05, 3.63) is 0 Å². The van der Waals surface area contributed by atoms with Crippen LogP contribution in [0.5, 0.6) is 0 Å². The predicted molar refractivity (Wildman–Crippen MR) is 97.9 cm³/mol. The SMILES string of the molecule is C[C@]12CCC(=O)C[C@@H]1CC[C@H]1[C@H]2CC[C@@]2(C)[C@@H]1CC[C@]21OCCS1. The summed E-state index contributed by atoms with van der Waals surface area (Å²) in [7, 11) is 0. The molecule has 0 radical (unpaired) electrons. The van der Waals surface area contributed by atoms with Crippen LogP contribution < -0.4 is 0 Å². The lowest BCUT2D eigenvalue weighted by Crippen LogP contribution is -2.55. The summed E-state index contributed by atoms with van der Waals surface area (Å²) in [6.45, 7) is 6.08. The number of carbonyl (C=O) groups is 1. The third-order valence-electron chi connectivity index (χ3n) is 9.28. The summed E-state index contributed by atoms with van der Waals surface area (Å²) in [6.07, 6.45) is 11.0. The van der Waals surface area contributed by atoms with Gasteiger partial charge in [-0.05, 0) is 74.0 Å². The second-order valence-corrected chi connectivity index (χ2v) is 11.2. The molecule has 0 unspecified atom stereocenters. The minimum atomic E-state index is 0.142. The summed E-state index contributed by atoms with van der Waals surface area (Å²) in [4.78, 5) is 12.1. The number of rotatable bonds is 0. The Morgan fingerprint density at radius 2 is 1.88 bits per heavy atom. The molecule has 5 aliphatic rings. The Bertz CT molecular complexity index is 554. The maximum atomic E-state index is 12.0. The number of thioether (sulfide) groups is 1. The van der Waals surface area contributed by atoms with Gasteiger partial charge in [-0.15, -0.1) is 11.8 Å². The van der Waals surface area contributed by atoms with E-state index < -0.39 is 0 Å². The average Bonchev–Trinajstić information content (AvgIpc) is 3.15. The summed E-state index contributed by atoms with van der Waals surface area (Å²) < 4.78 is 6.42. The quantitative estimate of drug-likeness (QED) is 0.612. The Hall–Kier alpha value is -0.0200. The summed E-state index contributed by atoms with van der Waals surface area (Å²) in [5.74, 6) is 5.02. The molecule has 1 heterocycles. The predicted octanol–water partition coefficient (Wildman–Crippen LogP) is 5.06. The molecular formula is C21H32O2S. The van der Waals surface area contributed by atoms with Gasteiger partial charge in [-0.3, -0.25) is 4.79 Å². The zero-order valence-corrected chi connectivity index (χ0v) is 16.1. The molecule has 0 aromatic carbocycles. The van der Waals surface area contributed by atoms with E-state index in [4.69, 9.17) is 4.74 Å². The summed E-state index contributed by atoms with van der Waals surface area (Å²) in [5.41, 5.74) is 0.834. The van der Waals surface area contributed by atoms with Crippen molar-refractivity contribution in [3.63, 3.8) is 0 Å². The smallest absolute Gasteiger partial charge is 0.133 e. The highest BCUT2D eigenvalue weighted by atomic mass is 32.2. The van der Waals surface area contributed by atoms with Crippen LogP contribution in [0.2, 0.25) is 0 Å². The number of carbonyl (C=O) groups excluding carboxylic acids is 1. The highest BCUT2D eigenvalue weighted by molar-refractivity contribution is 8.00. The van der Waals surface area contributed by atoms with E-state index in [1.165, 1.54) is 44.3 Å². The van der Waals surface area contributed by atoms with Crippen molar-refractivity contribution in [2.75, 3.05) is 12.4 Å². The van der Waals surface area contributed by atoms with Crippen molar-refractivity contribution in [3.8, 4) is 0 Å². The Balaban J connectivity index is 1.46. The van der Waals surface area contributed by atoms with Crippen molar-refractivity contribution in [1.29, 1.82) is 0 Å². The molecule has 24 heavy (non-hydrogen) atoms. The van der Waals surface area contributed by atoms with E-state index in [1.807, 2.05) is 0 Å². The van der Waals surface area contributed by atoms with Crippen molar-refractivity contribution in [2.24, 2.45) is 34.5 Å². The van der Waals surface area contributed by atoms with Crippen LogP contribution in [0, 0.1) is 34.5 Å². The van der Waals surface area contributed by atoms with Crippen molar-refractivity contribution >= 4 is 17.5 Å². The molecule has 4 saturated carbocycles. The zero-order valence-electron chi connectivity index (χ0n) is 15.3. The molecule has 1 aliphatic heterocycles. The third-order valence-corrected chi connectivity index (χ3v) is 10.9. The van der Waals surface area contributed by atoms with E-state index in [0.717, 1.165) is 43.6 Å². The maximum Gasteiger partial charge on any atom is 0.133 e. The molecule has 4 aliphatic carbocycles. The van der Waals surface area contributed by atoms with E-state index in [1.54, 1.807) is 0 Å². The Morgan fingerprint density at radius 1 is 1.04 bits per heavy atom. The Labute approximate surface area is 150 Å². The molecule has 7 atom stereocenters. The monoisotopic (exact) mass is 348 g/mol. The van der Waals surface area contributed by atoms with Crippen LogP contribution in [0.1, 0.15) is 71.6 Å². The Morgan fingerprint density at radius 3 is 2.67 bits per heavy atom. The van der Waals surface area contributed by atoms with Gasteiger partial charge in [-0.25, -0.2) is 0 Å². The fourth-order valence-corrected chi connectivity index (χ4v) is 9.44. The molecule has 134 valence electrons. The second kappa shape index (κ2) is 5.25. The molecule has 0 amide bonds. The lowest BCUT2D eigenvalue weighted by atomic mass is 9.45. The molecule has 5 rings (SSSR count). The van der Waals surface area contributed by atoms with Gasteiger partial charge >= 0.3 is 0 Å². The molecule has 1 saturated heterocycles. The normalized spacial score (nSPS) is 56.8. The molecule has 0 aromatic heterocycles. The van der Waals surface area contributed by atoms with Gasteiger partial charge in [0, 0.05) is 24.0 Å². The van der Waals surface area contributed by atoms with E-state index in [0.29, 0.717) is 22.5 Å². The Kier molecular flexibility index (Phi) is 3.54. The van der Waals surface area contributed by atoms with Crippen LogP contribution in [0.25, 0.3) is 0 Å². The van der Waals surface area contributed by atoms with E-state index in [9.17, 15) is 4.79 Å². The van der Waals surface area contributed by atoms with E-state index >= 15 is 0 Å². The first kappa shape index (κ1) is 16.2. The largest absolute Gasteiger partial charge is 0.363 e. The van der Waals surface area contributed by atoms with Gasteiger partial charge in [0.15, 0.2) is 0 Å². The van der Waals surface area contributed by atoms with Gasteiger partial charge < -0.3 is 4.74 Å². The lowest BCUT2D eigenvalue weighted by Gasteiger charge is -2.61. The summed E-state index contributed by atoms with van der Waals surface area (Å²) in [6, 6.07) is 0. The summed E-state index contributed by atoms with van der Waals surface area (Å²) >= 11 is 2.13. The van der Waals surface area contributed by atoms with Crippen molar-refractivity contribution < 1.29 is 9.53 Å². The summed E-state index contributed by atoms with van der Waals surface area (Å²) in [5, 5.41) is 0. The van der Waals surface area contributed by atoms with Gasteiger partial charge in [-0.1, -0.05) is 13.8 Å². The van der Waals surface area contributed by atoms with Crippen LogP contribution >= 0.6 is 11.8 Å². The van der Waals surface area contributed by atoms with Gasteiger partial charge in [0.25, 0.3) is 0 Å². The first-order chi connectivity index (χ1) is 11.5. The number of fused-ring (bicyclic) bond motifs is 6. The molecular weight excluding hydrogens is 316 g/mol. The van der Waals surface area contributed by atoms with Crippen LogP contribution in [-0.2, 0) is 9.53 Å². The number of ether oxygens (including phenoxy) is 1. The van der Waals surface area contributed by atoms with Crippen LogP contribution in [0.15, 0.2) is 0 Å². The number of hydrogen-bond acceptors (Lipinski definition) is 3. The average molecular weight is 349 g/mol. The van der Waals surface area contributed by atoms with E-state index in [-0.39, 0.29) is 4.93 Å². The standard InChI is InChI=1S/C21H32O2S/c1-19-8-5-15(22)13-14(19)3-4-16-17(19)6-9-20(2)18(16)7-10-21(20)23-11-12-24-21/h14,16-18H,3-13H2,1-2H3/t14-,16-,17+,18+,19-,20-,21+/m0/s1. The molecule has 1 spiro atoms. The number of hydrogen-bond donors (Lipinski definition) is 0. The van der Waals surface area contributed by atoms with Gasteiger partial charge in [0.2, 0.25) is 0 Å². The molecule has 0 aromatic rings. The van der Waals surface area contributed by atoms with Gasteiger partial charge in [0.1, 0.15) is 10.7 Å². The minimum absolute atomic E-state index is 0.142. The van der Waals surface area contributed by atoms with Crippen LogP contribution in [0.3, 0.4) is 0 Å². The lowest BCUT2D eigenvalue weighted by molar-refractivity contribution is -0.147. The second-order valence-electron chi connectivity index (χ2n) is 9.84. The molecule has 2 nitrogen and oxygen atoms in total. The topological polar surface area (TPSA) is 26.3 Å². The first-order valence-electron chi connectivity index (χ1n) is 10.3. The highest BCUT2D eigenvalue weighted by Crippen LogP contribution is 2.71. The first-order valence-corrected chi connectivity index (χ1v) is 11.3. The number of ketones is 1. The minimum Gasteiger partial charge on any atom is -0.363 e. The maximum absolute atomic E-state index is 12.0. The van der Waals surface area contributed by atoms with E-state index in [2.05, 4.69) is 25.6 Å². The van der Waals surface area contributed by atoms with Gasteiger partial charge in [0.05, 0.1) is 6.61 Å². The van der Waals surface area contributed by atoms with Crippen LogP contribution in [-0.4, -0.2) is 23.1 Å². The van der Waals surface area contributed by atoms with Gasteiger partial charge in [-0.2, -0.15) is 0 Å². The fraction of sp³-hybridized carbons (Fsp3) is 0.952.